The number of nitrogens with zero attached hydrogens (tertiary/aromatic N) is 2. The van der Waals surface area contributed by atoms with Crippen molar-refractivity contribution in [3.8, 4) is 5.75 Å². The molecule has 25 heavy (non-hydrogen) atoms. The summed E-state index contributed by atoms with van der Waals surface area (Å²) in [6, 6.07) is 11.9. The van der Waals surface area contributed by atoms with E-state index in [4.69, 9.17) is 16.0 Å². The van der Waals surface area contributed by atoms with Crippen LogP contribution in [0.4, 0.5) is 0 Å². The van der Waals surface area contributed by atoms with E-state index in [9.17, 15) is 9.90 Å². The number of aromatic nitrogens is 1. The fourth-order valence-corrected chi connectivity index (χ4v) is 3.41. The van der Waals surface area contributed by atoms with Crippen LogP contribution in [0.2, 0.25) is 5.02 Å². The van der Waals surface area contributed by atoms with Crippen LogP contribution in [0.5, 0.6) is 5.75 Å². The van der Waals surface area contributed by atoms with Gasteiger partial charge in [-0.1, -0.05) is 17.7 Å². The molecule has 1 aliphatic rings. The molecule has 0 saturated carbocycles. The van der Waals surface area contributed by atoms with Crippen molar-refractivity contribution in [2.45, 2.75) is 18.8 Å². The van der Waals surface area contributed by atoms with E-state index >= 15 is 0 Å². The van der Waals surface area contributed by atoms with E-state index < -0.39 is 0 Å². The molecule has 3 aromatic rings. The minimum atomic E-state index is -0.0568. The van der Waals surface area contributed by atoms with Gasteiger partial charge in [-0.3, -0.25) is 4.79 Å². The third-order valence-corrected chi connectivity index (χ3v) is 4.83. The van der Waals surface area contributed by atoms with Crippen LogP contribution in [0, 0.1) is 0 Å². The van der Waals surface area contributed by atoms with Crippen molar-refractivity contribution in [2.75, 3.05) is 13.1 Å². The molecule has 128 valence electrons. The smallest absolute Gasteiger partial charge is 0.253 e. The fraction of sp³-hybridized carbons (Fsp3) is 0.263. The van der Waals surface area contributed by atoms with Gasteiger partial charge in [0.15, 0.2) is 11.5 Å². The second-order valence-corrected chi connectivity index (χ2v) is 6.72. The first kappa shape index (κ1) is 16.0. The van der Waals surface area contributed by atoms with Gasteiger partial charge in [0.1, 0.15) is 11.3 Å². The van der Waals surface area contributed by atoms with Gasteiger partial charge in [0.2, 0.25) is 0 Å². The molecule has 0 bridgehead atoms. The van der Waals surface area contributed by atoms with Crippen LogP contribution in [-0.4, -0.2) is 34.0 Å². The Balaban J connectivity index is 1.46. The second kappa shape index (κ2) is 6.41. The van der Waals surface area contributed by atoms with E-state index in [0.717, 1.165) is 23.9 Å². The predicted octanol–water partition coefficient (Wildman–Crippen LogP) is 4.21. The number of likely N-dealkylation sites (tertiary alicyclic amines) is 1. The number of fused-ring (bicyclic) bond motifs is 1. The van der Waals surface area contributed by atoms with Crippen molar-refractivity contribution in [3.05, 3.63) is 58.9 Å². The number of hydrogen-bond donors (Lipinski definition) is 1. The van der Waals surface area contributed by atoms with Crippen LogP contribution in [0.3, 0.4) is 0 Å². The minimum Gasteiger partial charge on any atom is -0.508 e. The molecule has 5 nitrogen and oxygen atoms in total. The molecule has 6 heteroatoms. The lowest BCUT2D eigenvalue weighted by Gasteiger charge is -2.30. The van der Waals surface area contributed by atoms with Crippen molar-refractivity contribution in [1.82, 2.24) is 9.88 Å². The van der Waals surface area contributed by atoms with Crippen molar-refractivity contribution in [1.29, 1.82) is 0 Å². The Hall–Kier alpha value is -2.53. The first-order valence-electron chi connectivity index (χ1n) is 8.24. The molecule has 1 aliphatic heterocycles. The molecule has 0 radical (unpaired) electrons. The normalized spacial score (nSPS) is 15.6. The van der Waals surface area contributed by atoms with Crippen molar-refractivity contribution < 1.29 is 14.3 Å². The van der Waals surface area contributed by atoms with E-state index in [1.165, 1.54) is 6.07 Å². The quantitative estimate of drug-likeness (QED) is 0.747. The summed E-state index contributed by atoms with van der Waals surface area (Å²) >= 11 is 5.99. The van der Waals surface area contributed by atoms with Gasteiger partial charge in [-0.25, -0.2) is 4.98 Å². The number of halogens is 1. The number of aromatic hydroxyl groups is 1. The molecule has 0 atom stereocenters. The number of hydrogen-bond acceptors (Lipinski definition) is 4. The highest BCUT2D eigenvalue weighted by molar-refractivity contribution is 6.31. The average Bonchev–Trinajstić information content (AvgIpc) is 3.04. The largest absolute Gasteiger partial charge is 0.508 e. The van der Waals surface area contributed by atoms with E-state index in [0.29, 0.717) is 29.6 Å². The maximum atomic E-state index is 12.5. The zero-order valence-corrected chi connectivity index (χ0v) is 14.2. The van der Waals surface area contributed by atoms with Crippen molar-refractivity contribution in [2.24, 2.45) is 0 Å². The molecule has 1 amide bonds. The van der Waals surface area contributed by atoms with Gasteiger partial charge < -0.3 is 14.4 Å². The van der Waals surface area contributed by atoms with Crippen LogP contribution < -0.4 is 0 Å². The summed E-state index contributed by atoms with van der Waals surface area (Å²) in [6.07, 6.45) is 1.59. The standard InChI is InChI=1S/C19H17ClN2O3/c20-14-4-5-17-16(11-14)21-18(25-17)12-6-8-22(9-7-12)19(24)13-2-1-3-15(23)10-13/h1-5,10-12,23H,6-9H2. The van der Waals surface area contributed by atoms with Crippen molar-refractivity contribution >= 4 is 28.6 Å². The lowest BCUT2D eigenvalue weighted by molar-refractivity contribution is 0.0706. The number of oxazole rings is 1. The maximum absolute atomic E-state index is 12.5. The summed E-state index contributed by atoms with van der Waals surface area (Å²) in [6.45, 7) is 1.28. The molecule has 0 aliphatic carbocycles. The average molecular weight is 357 g/mol. The van der Waals surface area contributed by atoms with Gasteiger partial charge in [0, 0.05) is 29.6 Å². The molecule has 1 saturated heterocycles. The number of piperidine rings is 1. The number of amides is 1. The van der Waals surface area contributed by atoms with Gasteiger partial charge in [0.05, 0.1) is 0 Å². The monoisotopic (exact) mass is 356 g/mol. The summed E-state index contributed by atoms with van der Waals surface area (Å²) in [5, 5.41) is 10.2. The Morgan fingerprint density at radius 1 is 1.20 bits per heavy atom. The van der Waals surface area contributed by atoms with Crippen LogP contribution >= 0.6 is 11.6 Å². The van der Waals surface area contributed by atoms with Crippen LogP contribution in [0.1, 0.15) is 35.0 Å². The Morgan fingerprint density at radius 2 is 2.00 bits per heavy atom. The topological polar surface area (TPSA) is 66.6 Å². The van der Waals surface area contributed by atoms with Crippen molar-refractivity contribution in [3.63, 3.8) is 0 Å². The molecular weight excluding hydrogens is 340 g/mol. The molecular formula is C19H17ClN2O3. The maximum Gasteiger partial charge on any atom is 0.253 e. The van der Waals surface area contributed by atoms with Crippen LogP contribution in [0.25, 0.3) is 11.1 Å². The molecule has 1 N–H and O–H groups in total. The molecule has 2 heterocycles. The Kier molecular flexibility index (Phi) is 4.09. The number of carbonyl (C=O) groups is 1. The molecule has 1 fully saturated rings. The number of phenolic OH excluding ortho intramolecular Hbond substituents is 1. The van der Waals surface area contributed by atoms with Crippen LogP contribution in [0.15, 0.2) is 46.9 Å². The summed E-state index contributed by atoms with van der Waals surface area (Å²) in [5.74, 6) is 0.950. The first-order valence-corrected chi connectivity index (χ1v) is 8.62. The highest BCUT2D eigenvalue weighted by Crippen LogP contribution is 2.31. The SMILES string of the molecule is O=C(c1cccc(O)c1)N1CCC(c2nc3cc(Cl)ccc3o2)CC1. The molecule has 0 spiro atoms. The Morgan fingerprint density at radius 3 is 2.76 bits per heavy atom. The first-order chi connectivity index (χ1) is 12.1. The summed E-state index contributed by atoms with van der Waals surface area (Å²) in [7, 11) is 0. The number of carbonyl (C=O) groups excluding carboxylic acids is 1. The third-order valence-electron chi connectivity index (χ3n) is 4.59. The number of phenols is 1. The molecule has 0 unspecified atom stereocenters. The molecule has 1 aromatic heterocycles. The number of benzene rings is 2. The predicted molar refractivity (Wildman–Crippen MR) is 95.0 cm³/mol. The highest BCUT2D eigenvalue weighted by atomic mass is 35.5. The second-order valence-electron chi connectivity index (χ2n) is 6.28. The van der Waals surface area contributed by atoms with Gasteiger partial charge in [0.25, 0.3) is 5.91 Å². The van der Waals surface area contributed by atoms with Gasteiger partial charge in [-0.15, -0.1) is 0 Å². The van der Waals surface area contributed by atoms with Gasteiger partial charge in [-0.05, 0) is 49.2 Å². The summed E-state index contributed by atoms with van der Waals surface area (Å²) < 4.78 is 5.85. The van der Waals surface area contributed by atoms with Gasteiger partial charge in [-0.2, -0.15) is 0 Å². The van der Waals surface area contributed by atoms with E-state index in [1.807, 2.05) is 11.0 Å². The Bertz CT molecular complexity index is 929. The molecule has 2 aromatic carbocycles. The minimum absolute atomic E-state index is 0.0568. The third kappa shape index (κ3) is 3.20. The highest BCUT2D eigenvalue weighted by Gasteiger charge is 2.27. The van der Waals surface area contributed by atoms with E-state index in [2.05, 4.69) is 4.98 Å². The Labute approximate surface area is 149 Å². The number of rotatable bonds is 2. The summed E-state index contributed by atoms with van der Waals surface area (Å²) in [5.41, 5.74) is 2.01. The zero-order valence-electron chi connectivity index (χ0n) is 13.5. The fourth-order valence-electron chi connectivity index (χ4n) is 3.24. The van der Waals surface area contributed by atoms with E-state index in [-0.39, 0.29) is 17.6 Å². The summed E-state index contributed by atoms with van der Waals surface area (Å²) in [4.78, 5) is 18.9. The molecule has 4 rings (SSSR count). The van der Waals surface area contributed by atoms with Gasteiger partial charge >= 0.3 is 0 Å². The zero-order chi connectivity index (χ0) is 17.4. The lowest BCUT2D eigenvalue weighted by atomic mass is 9.96. The van der Waals surface area contributed by atoms with E-state index in [1.54, 1.807) is 30.3 Å². The van der Waals surface area contributed by atoms with Crippen LogP contribution in [-0.2, 0) is 0 Å². The lowest BCUT2D eigenvalue weighted by Crippen LogP contribution is -2.37.